The van der Waals surface area contributed by atoms with Crippen molar-refractivity contribution in [2.45, 2.75) is 109 Å². The van der Waals surface area contributed by atoms with Crippen molar-refractivity contribution < 1.29 is 24.2 Å². The first kappa shape index (κ1) is 32.3. The van der Waals surface area contributed by atoms with Crippen LogP contribution in [-0.2, 0) is 19.1 Å². The Balaban J connectivity index is 2.15. The van der Waals surface area contributed by atoms with Gasteiger partial charge in [-0.15, -0.1) is 13.2 Å². The Morgan fingerprint density at radius 3 is 2.23 bits per heavy atom. The number of nitrogens with zero attached hydrogens (tertiary/aromatic N) is 3. The fourth-order valence-corrected chi connectivity index (χ4v) is 7.61. The average molecular weight is 560 g/mol. The van der Waals surface area contributed by atoms with Gasteiger partial charge >= 0.3 is 0 Å². The average Bonchev–Trinajstić information content (AvgIpc) is 3.54. The van der Waals surface area contributed by atoms with Crippen LogP contribution in [0, 0.1) is 17.8 Å². The van der Waals surface area contributed by atoms with Crippen molar-refractivity contribution in [3.05, 3.63) is 25.3 Å². The third-order valence-corrected chi connectivity index (χ3v) is 9.31. The monoisotopic (exact) mass is 559 g/mol. The lowest BCUT2D eigenvalue weighted by molar-refractivity contribution is -0.158. The molecule has 0 aromatic heterocycles. The number of carbonyl (C=O) groups excluding carboxylic acids is 3. The Morgan fingerprint density at radius 2 is 1.70 bits per heavy atom. The molecule has 3 aliphatic rings. The van der Waals surface area contributed by atoms with E-state index in [2.05, 4.69) is 20.1 Å². The van der Waals surface area contributed by atoms with Crippen LogP contribution in [0.15, 0.2) is 25.3 Å². The van der Waals surface area contributed by atoms with Crippen LogP contribution in [-0.4, -0.2) is 93.6 Å². The predicted octanol–water partition coefficient (Wildman–Crippen LogP) is 4.18. The number of hydrogen-bond donors (Lipinski definition) is 1. The van der Waals surface area contributed by atoms with Gasteiger partial charge in [-0.1, -0.05) is 59.6 Å². The van der Waals surface area contributed by atoms with Crippen LogP contribution in [0.4, 0.5) is 0 Å². The van der Waals surface area contributed by atoms with E-state index in [1.807, 2.05) is 27.7 Å². The van der Waals surface area contributed by atoms with E-state index in [1.54, 1.807) is 26.9 Å². The van der Waals surface area contributed by atoms with Gasteiger partial charge in [0.25, 0.3) is 0 Å². The normalized spacial score (nSPS) is 29.5. The fourth-order valence-electron chi connectivity index (χ4n) is 7.61. The highest BCUT2D eigenvalue weighted by Gasteiger charge is 2.79. The van der Waals surface area contributed by atoms with Crippen LogP contribution < -0.4 is 0 Å². The van der Waals surface area contributed by atoms with E-state index >= 15 is 0 Å². The zero-order valence-corrected chi connectivity index (χ0v) is 25.6. The molecule has 0 aliphatic carbocycles. The molecule has 2 bridgehead atoms. The molecule has 3 rings (SSSR count). The minimum Gasteiger partial charge on any atom is -0.394 e. The van der Waals surface area contributed by atoms with Gasteiger partial charge in [-0.25, -0.2) is 0 Å². The van der Waals surface area contributed by atoms with Gasteiger partial charge in [0.1, 0.15) is 11.6 Å². The lowest BCUT2D eigenvalue weighted by Gasteiger charge is -2.40. The maximum Gasteiger partial charge on any atom is 0.248 e. The molecule has 226 valence electrons. The lowest BCUT2D eigenvalue weighted by Crippen LogP contribution is -2.59. The van der Waals surface area contributed by atoms with Gasteiger partial charge in [-0.3, -0.25) is 14.4 Å². The molecule has 0 aromatic rings. The highest BCUT2D eigenvalue weighted by Crippen LogP contribution is 2.65. The van der Waals surface area contributed by atoms with Crippen LogP contribution in [0.3, 0.4) is 0 Å². The van der Waals surface area contributed by atoms with Gasteiger partial charge in [0, 0.05) is 26.2 Å². The maximum absolute atomic E-state index is 14.6. The largest absolute Gasteiger partial charge is 0.394 e. The summed E-state index contributed by atoms with van der Waals surface area (Å²) in [6, 6.07) is -1.41. The summed E-state index contributed by atoms with van der Waals surface area (Å²) in [5, 5.41) is 10.5. The standard InChI is InChI=1S/C32H53N3O5/c1-8-13-14-20-34(19-11-4)30(39)27-32-16-15-31(12-5,40-32)25(28(37)33(17-9-2)18-10-3)26(32)29(38)35(27)24(22-36)21-23(6)7/h9,11,23-27,36H,2,4,8,10,12-22H2,1,3,5-7H3/t24-,25-,26+,27?,31+,32?/m1/s1. The molecule has 1 N–H and O–H groups in total. The minimum atomic E-state index is -1.09. The number of unbranched alkanes of at least 4 members (excludes halogenated alkanes) is 2. The lowest BCUT2D eigenvalue weighted by atomic mass is 9.64. The number of amides is 3. The summed E-state index contributed by atoms with van der Waals surface area (Å²) in [5.74, 6) is -1.70. The number of aliphatic hydroxyl groups excluding tert-OH is 1. The van der Waals surface area contributed by atoms with Crippen LogP contribution in [0.2, 0.25) is 0 Å². The van der Waals surface area contributed by atoms with Crippen molar-refractivity contribution >= 4 is 17.7 Å². The summed E-state index contributed by atoms with van der Waals surface area (Å²) in [6.07, 6.45) is 9.44. The quantitative estimate of drug-likeness (QED) is 0.213. The number of likely N-dealkylation sites (tertiary alicyclic amines) is 1. The number of aliphatic hydroxyl groups is 1. The van der Waals surface area contributed by atoms with Crippen molar-refractivity contribution in [1.82, 2.24) is 14.7 Å². The number of fused-ring (bicyclic) bond motifs is 1. The third kappa shape index (κ3) is 5.63. The molecule has 1 spiro atoms. The predicted molar refractivity (Wildman–Crippen MR) is 157 cm³/mol. The van der Waals surface area contributed by atoms with E-state index in [1.165, 1.54) is 0 Å². The molecule has 3 amide bonds. The molecule has 6 atom stereocenters. The Bertz CT molecular complexity index is 938. The molecule has 40 heavy (non-hydrogen) atoms. The molecular formula is C32H53N3O5. The van der Waals surface area contributed by atoms with E-state index in [9.17, 15) is 19.5 Å². The first-order chi connectivity index (χ1) is 19.1. The van der Waals surface area contributed by atoms with E-state index in [4.69, 9.17) is 4.74 Å². The molecule has 2 unspecified atom stereocenters. The minimum absolute atomic E-state index is 0.0909. The Labute approximate surface area is 241 Å². The number of ether oxygens (including phenoxy) is 1. The van der Waals surface area contributed by atoms with Gasteiger partial charge in [0.15, 0.2) is 0 Å². The zero-order valence-electron chi connectivity index (χ0n) is 25.6. The first-order valence-corrected chi connectivity index (χ1v) is 15.5. The van der Waals surface area contributed by atoms with Crippen LogP contribution in [0.25, 0.3) is 0 Å². The topological polar surface area (TPSA) is 90.4 Å². The molecular weight excluding hydrogens is 506 g/mol. The molecule has 3 aliphatic heterocycles. The summed E-state index contributed by atoms with van der Waals surface area (Å²) in [5.41, 5.74) is -1.88. The smallest absolute Gasteiger partial charge is 0.248 e. The zero-order chi connectivity index (χ0) is 29.7. The summed E-state index contributed by atoms with van der Waals surface area (Å²) >= 11 is 0. The van der Waals surface area contributed by atoms with Crippen molar-refractivity contribution in [3.8, 4) is 0 Å². The second kappa shape index (κ2) is 13.6. The van der Waals surface area contributed by atoms with Crippen LogP contribution in [0.5, 0.6) is 0 Å². The van der Waals surface area contributed by atoms with Crippen LogP contribution >= 0.6 is 0 Å². The Hall–Kier alpha value is -2.19. The van der Waals surface area contributed by atoms with Gasteiger partial charge < -0.3 is 24.5 Å². The van der Waals surface area contributed by atoms with E-state index in [0.29, 0.717) is 51.9 Å². The Kier molecular flexibility index (Phi) is 11.0. The number of rotatable bonds is 17. The molecule has 0 radical (unpaired) electrons. The summed E-state index contributed by atoms with van der Waals surface area (Å²) in [7, 11) is 0. The molecule has 8 heteroatoms. The number of carbonyl (C=O) groups is 3. The first-order valence-electron chi connectivity index (χ1n) is 15.5. The molecule has 3 saturated heterocycles. The highest BCUT2D eigenvalue weighted by molar-refractivity contribution is 5.99. The molecule has 0 saturated carbocycles. The van der Waals surface area contributed by atoms with E-state index < -0.39 is 35.1 Å². The molecule has 3 fully saturated rings. The van der Waals surface area contributed by atoms with Gasteiger partial charge in [0.05, 0.1) is 30.1 Å². The van der Waals surface area contributed by atoms with Crippen molar-refractivity contribution in [2.75, 3.05) is 32.8 Å². The third-order valence-electron chi connectivity index (χ3n) is 9.31. The summed E-state index contributed by atoms with van der Waals surface area (Å²) in [4.78, 5) is 48.6. The highest BCUT2D eigenvalue weighted by atomic mass is 16.5. The summed E-state index contributed by atoms with van der Waals surface area (Å²) in [6.45, 7) is 19.7. The fraction of sp³-hybridized carbons (Fsp3) is 0.781. The molecule has 3 heterocycles. The second-order valence-electron chi connectivity index (χ2n) is 12.4. The molecule has 0 aromatic carbocycles. The van der Waals surface area contributed by atoms with Crippen molar-refractivity contribution in [3.63, 3.8) is 0 Å². The maximum atomic E-state index is 14.6. The molecule has 8 nitrogen and oxygen atoms in total. The van der Waals surface area contributed by atoms with Crippen LogP contribution in [0.1, 0.15) is 86.0 Å². The number of hydrogen-bond acceptors (Lipinski definition) is 5. The van der Waals surface area contributed by atoms with E-state index in [-0.39, 0.29) is 30.2 Å². The Morgan fingerprint density at radius 1 is 1.05 bits per heavy atom. The second-order valence-corrected chi connectivity index (χ2v) is 12.4. The SMILES string of the molecule is C=CCN(CCCCC)C(=O)C1N([C@@H](CO)CC(C)C)C(=O)[C@@H]2[C@H](C(=O)N(CC=C)CCC)[C@]3(CC)CCC12O3. The van der Waals surface area contributed by atoms with Crippen molar-refractivity contribution in [1.29, 1.82) is 0 Å². The van der Waals surface area contributed by atoms with Gasteiger partial charge in [0.2, 0.25) is 17.7 Å². The van der Waals surface area contributed by atoms with Gasteiger partial charge in [-0.05, 0) is 44.4 Å². The van der Waals surface area contributed by atoms with Crippen molar-refractivity contribution in [2.24, 2.45) is 17.8 Å². The van der Waals surface area contributed by atoms with E-state index in [0.717, 1.165) is 25.7 Å². The summed E-state index contributed by atoms with van der Waals surface area (Å²) < 4.78 is 6.96. The van der Waals surface area contributed by atoms with Gasteiger partial charge in [-0.2, -0.15) is 0 Å².